The molecule has 0 spiro atoms. The van der Waals surface area contributed by atoms with Crippen LogP contribution in [0.15, 0.2) is 42.5 Å². The predicted octanol–water partition coefficient (Wildman–Crippen LogP) is 2.99. The summed E-state index contributed by atoms with van der Waals surface area (Å²) in [7, 11) is 0. The van der Waals surface area contributed by atoms with E-state index in [2.05, 4.69) is 16.0 Å². The molecule has 7 heteroatoms. The van der Waals surface area contributed by atoms with Gasteiger partial charge in [0.25, 0.3) is 0 Å². The lowest BCUT2D eigenvalue weighted by molar-refractivity contribution is -0.140. The first-order valence-corrected chi connectivity index (χ1v) is 9.79. The number of aromatic nitrogens is 2. The molecule has 1 N–H and O–H groups in total. The maximum Gasteiger partial charge on any atom is 0.228 e. The van der Waals surface area contributed by atoms with Crippen LogP contribution in [0.25, 0.3) is 11.0 Å². The number of H-pyrrole nitrogens is 1. The van der Waals surface area contributed by atoms with Crippen LogP contribution in [-0.2, 0) is 9.59 Å². The van der Waals surface area contributed by atoms with E-state index in [1.54, 1.807) is 21.9 Å². The van der Waals surface area contributed by atoms with E-state index in [0.29, 0.717) is 25.3 Å². The molecule has 0 bridgehead atoms. The Morgan fingerprint density at radius 2 is 1.90 bits per heavy atom. The van der Waals surface area contributed by atoms with Crippen LogP contribution in [0.2, 0.25) is 0 Å². The zero-order chi connectivity index (χ0) is 20.1. The highest BCUT2D eigenvalue weighted by Crippen LogP contribution is 2.32. The minimum Gasteiger partial charge on any atom is -0.342 e. The monoisotopic (exact) mass is 392 g/mol. The molecule has 2 aromatic carbocycles. The Morgan fingerprint density at radius 3 is 2.66 bits per heavy atom. The van der Waals surface area contributed by atoms with Crippen molar-refractivity contribution in [2.24, 2.45) is 5.92 Å². The number of hydrogen-bond donors (Lipinski definition) is 1. The van der Waals surface area contributed by atoms with Crippen LogP contribution in [0.4, 0.5) is 10.1 Å². The number of aromatic amines is 1. The summed E-state index contributed by atoms with van der Waals surface area (Å²) in [5.41, 5.74) is 3.76. The van der Waals surface area contributed by atoms with Gasteiger partial charge in [0.1, 0.15) is 11.6 Å². The number of fused-ring (bicyclic) bond motifs is 1. The van der Waals surface area contributed by atoms with Crippen LogP contribution in [0, 0.1) is 18.7 Å². The van der Waals surface area contributed by atoms with Crippen molar-refractivity contribution < 1.29 is 14.0 Å². The fourth-order valence-electron chi connectivity index (χ4n) is 4.17. The number of imidazole rings is 1. The molecule has 0 saturated carbocycles. The van der Waals surface area contributed by atoms with Gasteiger partial charge < -0.3 is 14.8 Å². The van der Waals surface area contributed by atoms with E-state index in [1.165, 1.54) is 17.7 Å². The summed E-state index contributed by atoms with van der Waals surface area (Å²) in [6, 6.07) is 11.9. The fourth-order valence-corrected chi connectivity index (χ4v) is 4.17. The molecule has 3 aromatic rings. The van der Waals surface area contributed by atoms with Gasteiger partial charge in [-0.25, -0.2) is 9.37 Å². The highest BCUT2D eigenvalue weighted by Gasteiger charge is 2.41. The summed E-state index contributed by atoms with van der Waals surface area (Å²) in [6.07, 6.45) is 0.196. The molecule has 5 rings (SSSR count). The van der Waals surface area contributed by atoms with Gasteiger partial charge in [0.05, 0.1) is 22.9 Å². The molecule has 148 valence electrons. The molecule has 0 unspecified atom stereocenters. The van der Waals surface area contributed by atoms with E-state index in [9.17, 15) is 14.0 Å². The number of amides is 2. The Morgan fingerprint density at radius 1 is 1.14 bits per heavy atom. The average Bonchev–Trinajstić information content (AvgIpc) is 3.24. The molecule has 2 fully saturated rings. The van der Waals surface area contributed by atoms with Gasteiger partial charge in [-0.2, -0.15) is 0 Å². The Hall–Kier alpha value is -3.22. The molecular formula is C22H21FN4O2. The van der Waals surface area contributed by atoms with Crippen molar-refractivity contribution in [1.29, 1.82) is 0 Å². The van der Waals surface area contributed by atoms with E-state index in [1.807, 2.05) is 19.1 Å². The van der Waals surface area contributed by atoms with E-state index < -0.39 is 0 Å². The topological polar surface area (TPSA) is 69.3 Å². The first-order chi connectivity index (χ1) is 14.0. The molecule has 2 aliphatic rings. The van der Waals surface area contributed by atoms with Crippen LogP contribution in [-0.4, -0.2) is 46.3 Å². The molecule has 2 saturated heterocycles. The molecule has 0 aliphatic carbocycles. The second-order valence-corrected chi connectivity index (χ2v) is 7.96. The maximum absolute atomic E-state index is 13.1. The van der Waals surface area contributed by atoms with Gasteiger partial charge in [-0.05, 0) is 48.9 Å². The minimum atomic E-state index is -0.355. The van der Waals surface area contributed by atoms with Gasteiger partial charge in [0.15, 0.2) is 0 Å². The van der Waals surface area contributed by atoms with E-state index in [0.717, 1.165) is 16.9 Å². The quantitative estimate of drug-likeness (QED) is 0.745. The number of benzene rings is 2. The minimum absolute atomic E-state index is 0.00571. The number of carbonyl (C=O) groups is 2. The van der Waals surface area contributed by atoms with Gasteiger partial charge >= 0.3 is 0 Å². The standard InChI is InChI=1S/C22H21FN4O2/c1-13-2-7-18-19(8-13)25-21(24-18)15-10-26(11-15)22(29)14-9-20(28)27(12-14)17-5-3-16(23)4-6-17/h2-8,14-15H,9-12H2,1H3,(H,24,25)/t14-/m1/s1. The number of nitrogens with one attached hydrogen (secondary N) is 1. The Kier molecular flexibility index (Phi) is 4.12. The zero-order valence-electron chi connectivity index (χ0n) is 16.1. The summed E-state index contributed by atoms with van der Waals surface area (Å²) in [4.78, 5) is 36.6. The molecule has 29 heavy (non-hydrogen) atoms. The predicted molar refractivity (Wildman–Crippen MR) is 107 cm³/mol. The van der Waals surface area contributed by atoms with Crippen molar-refractivity contribution in [1.82, 2.24) is 14.9 Å². The second kappa shape index (κ2) is 6.69. The lowest BCUT2D eigenvalue weighted by Gasteiger charge is -2.39. The summed E-state index contributed by atoms with van der Waals surface area (Å²) in [5.74, 6) is 0.306. The van der Waals surface area contributed by atoms with E-state index in [4.69, 9.17) is 0 Å². The third-order valence-corrected chi connectivity index (χ3v) is 5.85. The first kappa shape index (κ1) is 17.8. The highest BCUT2D eigenvalue weighted by molar-refractivity contribution is 6.00. The maximum atomic E-state index is 13.1. The van der Waals surface area contributed by atoms with Crippen LogP contribution >= 0.6 is 0 Å². The normalized spacial score (nSPS) is 19.8. The van der Waals surface area contributed by atoms with Crippen molar-refractivity contribution in [3.63, 3.8) is 0 Å². The summed E-state index contributed by atoms with van der Waals surface area (Å²) in [5, 5.41) is 0. The molecule has 2 aliphatic heterocycles. The van der Waals surface area contributed by atoms with Gasteiger partial charge in [-0.3, -0.25) is 9.59 Å². The Labute approximate surface area is 167 Å². The average molecular weight is 392 g/mol. The Balaban J connectivity index is 1.23. The molecule has 0 radical (unpaired) electrons. The van der Waals surface area contributed by atoms with Crippen LogP contribution in [0.3, 0.4) is 0 Å². The number of halogens is 1. The smallest absolute Gasteiger partial charge is 0.228 e. The molecular weight excluding hydrogens is 371 g/mol. The lowest BCUT2D eigenvalue weighted by Crippen LogP contribution is -2.51. The second-order valence-electron chi connectivity index (χ2n) is 7.96. The van der Waals surface area contributed by atoms with Crippen molar-refractivity contribution in [2.75, 3.05) is 24.5 Å². The van der Waals surface area contributed by atoms with Gasteiger partial charge in [0.2, 0.25) is 11.8 Å². The molecule has 3 heterocycles. The summed E-state index contributed by atoms with van der Waals surface area (Å²) >= 11 is 0. The van der Waals surface area contributed by atoms with Crippen molar-refractivity contribution >= 4 is 28.5 Å². The van der Waals surface area contributed by atoms with Gasteiger partial charge in [-0.1, -0.05) is 6.07 Å². The van der Waals surface area contributed by atoms with Gasteiger partial charge in [-0.15, -0.1) is 0 Å². The van der Waals surface area contributed by atoms with Crippen LogP contribution in [0.5, 0.6) is 0 Å². The number of anilines is 1. The molecule has 6 nitrogen and oxygen atoms in total. The molecule has 2 amide bonds. The number of aryl methyl sites for hydroxylation is 1. The third-order valence-electron chi connectivity index (χ3n) is 5.85. The van der Waals surface area contributed by atoms with Crippen molar-refractivity contribution in [2.45, 2.75) is 19.3 Å². The van der Waals surface area contributed by atoms with Crippen LogP contribution < -0.4 is 4.90 Å². The summed E-state index contributed by atoms with van der Waals surface area (Å²) < 4.78 is 13.1. The number of carbonyl (C=O) groups excluding carboxylic acids is 2. The number of likely N-dealkylation sites (tertiary alicyclic amines) is 1. The zero-order valence-corrected chi connectivity index (χ0v) is 16.1. The van der Waals surface area contributed by atoms with Crippen LogP contribution in [0.1, 0.15) is 23.7 Å². The van der Waals surface area contributed by atoms with E-state index in [-0.39, 0.29) is 35.9 Å². The summed E-state index contributed by atoms with van der Waals surface area (Å²) in [6.45, 7) is 3.61. The van der Waals surface area contributed by atoms with E-state index >= 15 is 0 Å². The Bertz CT molecular complexity index is 1100. The SMILES string of the molecule is Cc1ccc2nc(C3CN(C(=O)[C@@H]4CC(=O)N(c5ccc(F)cc5)C4)C3)[nH]c2c1. The number of rotatable bonds is 3. The van der Waals surface area contributed by atoms with Gasteiger partial charge in [0, 0.05) is 31.7 Å². The number of hydrogen-bond acceptors (Lipinski definition) is 3. The van der Waals surface area contributed by atoms with Crippen molar-refractivity contribution in [3.05, 3.63) is 59.7 Å². The molecule has 1 atom stereocenters. The highest BCUT2D eigenvalue weighted by atomic mass is 19.1. The largest absolute Gasteiger partial charge is 0.342 e. The first-order valence-electron chi connectivity index (χ1n) is 9.79. The fraction of sp³-hybridized carbons (Fsp3) is 0.318. The molecule has 1 aromatic heterocycles. The number of nitrogens with zero attached hydrogens (tertiary/aromatic N) is 3. The third kappa shape index (κ3) is 3.16. The lowest BCUT2D eigenvalue weighted by atomic mass is 9.96. The van der Waals surface area contributed by atoms with Crippen molar-refractivity contribution in [3.8, 4) is 0 Å².